The fourth-order valence-electron chi connectivity index (χ4n) is 2.58. The molecular weight excluding hydrogens is 178 g/mol. The minimum Gasteiger partial charge on any atom is -0.480 e. The third-order valence-corrected chi connectivity index (χ3v) is 3.49. The molecule has 0 heterocycles. The number of nitrogens with zero attached hydrogens (tertiary/aromatic N) is 1. The lowest BCUT2D eigenvalue weighted by Crippen LogP contribution is -2.56. The summed E-state index contributed by atoms with van der Waals surface area (Å²) >= 11 is 0. The highest BCUT2D eigenvalue weighted by Gasteiger charge is 2.52. The fraction of sp³-hybridized carbons (Fsp3) is 0.909. The number of hydrogen-bond donors (Lipinski definition) is 1. The average molecular weight is 199 g/mol. The topological polar surface area (TPSA) is 40.5 Å². The summed E-state index contributed by atoms with van der Waals surface area (Å²) in [7, 11) is 0. The lowest BCUT2D eigenvalue weighted by atomic mass is 9.88. The lowest BCUT2D eigenvalue weighted by Gasteiger charge is -2.39. The van der Waals surface area contributed by atoms with Crippen molar-refractivity contribution in [3.05, 3.63) is 0 Å². The van der Waals surface area contributed by atoms with Gasteiger partial charge >= 0.3 is 5.97 Å². The van der Waals surface area contributed by atoms with E-state index in [0.29, 0.717) is 12.3 Å². The normalized spacial score (nSPS) is 20.9. The van der Waals surface area contributed by atoms with Crippen molar-refractivity contribution in [3.8, 4) is 0 Å². The van der Waals surface area contributed by atoms with Crippen LogP contribution in [0.15, 0.2) is 0 Å². The van der Waals surface area contributed by atoms with Crippen LogP contribution in [-0.2, 0) is 4.79 Å². The molecule has 1 aliphatic rings. The molecule has 1 rings (SSSR count). The van der Waals surface area contributed by atoms with Gasteiger partial charge in [-0.1, -0.05) is 20.8 Å². The molecule has 3 heteroatoms. The van der Waals surface area contributed by atoms with Gasteiger partial charge in [-0.15, -0.1) is 0 Å². The Balaban J connectivity index is 2.92. The van der Waals surface area contributed by atoms with Crippen LogP contribution in [0.2, 0.25) is 0 Å². The van der Waals surface area contributed by atoms with Gasteiger partial charge in [-0.3, -0.25) is 9.69 Å². The molecule has 1 atom stereocenters. The van der Waals surface area contributed by atoms with Crippen LogP contribution in [0.1, 0.15) is 40.0 Å². The van der Waals surface area contributed by atoms with E-state index in [4.69, 9.17) is 0 Å². The van der Waals surface area contributed by atoms with E-state index < -0.39 is 11.5 Å². The minimum absolute atomic E-state index is 0.380. The summed E-state index contributed by atoms with van der Waals surface area (Å²) < 4.78 is 0. The molecule has 0 radical (unpaired) electrons. The van der Waals surface area contributed by atoms with Gasteiger partial charge in [0.1, 0.15) is 5.54 Å². The molecule has 1 unspecified atom stereocenters. The molecule has 0 saturated heterocycles. The van der Waals surface area contributed by atoms with Gasteiger partial charge in [0.05, 0.1) is 0 Å². The van der Waals surface area contributed by atoms with E-state index in [0.717, 1.165) is 25.9 Å². The molecule has 0 aromatic heterocycles. The highest BCUT2D eigenvalue weighted by atomic mass is 16.4. The quantitative estimate of drug-likeness (QED) is 0.711. The Hall–Kier alpha value is -0.570. The molecule has 0 aromatic rings. The van der Waals surface area contributed by atoms with Gasteiger partial charge in [-0.25, -0.2) is 0 Å². The third-order valence-electron chi connectivity index (χ3n) is 3.49. The first-order valence-electron chi connectivity index (χ1n) is 5.61. The maximum absolute atomic E-state index is 11.5. The zero-order valence-corrected chi connectivity index (χ0v) is 9.42. The maximum Gasteiger partial charge on any atom is 0.324 e. The predicted molar refractivity (Wildman–Crippen MR) is 56.3 cm³/mol. The van der Waals surface area contributed by atoms with Crippen molar-refractivity contribution >= 4 is 5.97 Å². The number of rotatable bonds is 6. The van der Waals surface area contributed by atoms with Crippen LogP contribution < -0.4 is 0 Å². The molecule has 0 bridgehead atoms. The SMILES string of the molecule is CCN(CC)C(CC)(C(=O)O)C1CC1. The summed E-state index contributed by atoms with van der Waals surface area (Å²) in [6, 6.07) is 0. The highest BCUT2D eigenvalue weighted by molar-refractivity contribution is 5.79. The fourth-order valence-corrected chi connectivity index (χ4v) is 2.58. The van der Waals surface area contributed by atoms with E-state index in [1.807, 2.05) is 20.8 Å². The number of carboxylic acid groups (broad SMARTS) is 1. The van der Waals surface area contributed by atoms with Crippen molar-refractivity contribution < 1.29 is 9.90 Å². The summed E-state index contributed by atoms with van der Waals surface area (Å²) in [6.07, 6.45) is 2.88. The van der Waals surface area contributed by atoms with Crippen LogP contribution in [0.25, 0.3) is 0 Å². The average Bonchev–Trinajstić information content (AvgIpc) is 2.97. The van der Waals surface area contributed by atoms with Crippen molar-refractivity contribution in [1.29, 1.82) is 0 Å². The predicted octanol–water partition coefficient (Wildman–Crippen LogP) is 1.97. The van der Waals surface area contributed by atoms with Crippen molar-refractivity contribution in [1.82, 2.24) is 4.90 Å². The second kappa shape index (κ2) is 4.30. The Labute approximate surface area is 86.1 Å². The van der Waals surface area contributed by atoms with E-state index in [2.05, 4.69) is 4.90 Å². The Morgan fingerprint density at radius 1 is 1.36 bits per heavy atom. The van der Waals surface area contributed by atoms with Crippen molar-refractivity contribution in [2.75, 3.05) is 13.1 Å². The number of carbonyl (C=O) groups is 1. The molecule has 0 spiro atoms. The monoisotopic (exact) mass is 199 g/mol. The van der Waals surface area contributed by atoms with Crippen LogP contribution in [0.3, 0.4) is 0 Å². The van der Waals surface area contributed by atoms with Gasteiger partial charge in [0.15, 0.2) is 0 Å². The van der Waals surface area contributed by atoms with Gasteiger partial charge in [-0.2, -0.15) is 0 Å². The third kappa shape index (κ3) is 1.65. The Morgan fingerprint density at radius 2 is 1.86 bits per heavy atom. The molecule has 14 heavy (non-hydrogen) atoms. The van der Waals surface area contributed by atoms with E-state index in [-0.39, 0.29) is 0 Å². The van der Waals surface area contributed by atoms with Gasteiger partial charge in [-0.05, 0) is 38.3 Å². The standard InChI is InChI=1S/C11H21NO2/c1-4-11(10(13)14,9-7-8-9)12(5-2)6-3/h9H,4-8H2,1-3H3,(H,13,14). The van der Waals surface area contributed by atoms with Gasteiger partial charge in [0.25, 0.3) is 0 Å². The molecule has 1 aliphatic carbocycles. The number of hydrogen-bond acceptors (Lipinski definition) is 2. The molecule has 1 fully saturated rings. The van der Waals surface area contributed by atoms with Crippen LogP contribution in [-0.4, -0.2) is 34.6 Å². The van der Waals surface area contributed by atoms with Crippen LogP contribution in [0.4, 0.5) is 0 Å². The first-order valence-corrected chi connectivity index (χ1v) is 5.61. The summed E-state index contributed by atoms with van der Waals surface area (Å²) in [6.45, 7) is 7.73. The van der Waals surface area contributed by atoms with Crippen LogP contribution in [0.5, 0.6) is 0 Å². The van der Waals surface area contributed by atoms with E-state index in [1.165, 1.54) is 0 Å². The first-order chi connectivity index (χ1) is 6.63. The van der Waals surface area contributed by atoms with Crippen LogP contribution >= 0.6 is 0 Å². The minimum atomic E-state index is -0.633. The number of carboxylic acids is 1. The highest BCUT2D eigenvalue weighted by Crippen LogP contribution is 2.45. The summed E-state index contributed by atoms with van der Waals surface area (Å²) in [4.78, 5) is 13.6. The van der Waals surface area contributed by atoms with E-state index in [1.54, 1.807) is 0 Å². The second-order valence-corrected chi connectivity index (χ2v) is 4.03. The van der Waals surface area contributed by atoms with Gasteiger partial charge in [0.2, 0.25) is 0 Å². The molecule has 0 amide bonds. The smallest absolute Gasteiger partial charge is 0.324 e. The van der Waals surface area contributed by atoms with E-state index >= 15 is 0 Å². The van der Waals surface area contributed by atoms with Crippen LogP contribution in [0, 0.1) is 5.92 Å². The Morgan fingerprint density at radius 3 is 2.07 bits per heavy atom. The molecule has 1 N–H and O–H groups in total. The van der Waals surface area contributed by atoms with Crippen molar-refractivity contribution in [3.63, 3.8) is 0 Å². The molecule has 0 aromatic carbocycles. The molecule has 1 saturated carbocycles. The lowest BCUT2D eigenvalue weighted by molar-refractivity contribution is -0.153. The van der Waals surface area contributed by atoms with Crippen molar-refractivity contribution in [2.45, 2.75) is 45.6 Å². The van der Waals surface area contributed by atoms with Crippen molar-refractivity contribution in [2.24, 2.45) is 5.92 Å². The number of aliphatic carboxylic acids is 1. The zero-order chi connectivity index (χ0) is 10.8. The molecule has 82 valence electrons. The van der Waals surface area contributed by atoms with Gasteiger partial charge in [0, 0.05) is 0 Å². The van der Waals surface area contributed by atoms with E-state index in [9.17, 15) is 9.90 Å². The maximum atomic E-state index is 11.5. The molecular formula is C11H21NO2. The Bertz CT molecular complexity index is 209. The van der Waals surface area contributed by atoms with Gasteiger partial charge < -0.3 is 5.11 Å². The number of likely N-dealkylation sites (N-methyl/N-ethyl adjacent to an activating group) is 1. The molecule has 0 aliphatic heterocycles. The Kier molecular flexibility index (Phi) is 3.53. The zero-order valence-electron chi connectivity index (χ0n) is 9.42. The summed E-state index contributed by atoms with van der Waals surface area (Å²) in [5.41, 5.74) is -0.580. The molecule has 3 nitrogen and oxygen atoms in total. The largest absolute Gasteiger partial charge is 0.480 e. The second-order valence-electron chi connectivity index (χ2n) is 4.03. The summed E-state index contributed by atoms with van der Waals surface area (Å²) in [5.74, 6) is -0.254. The first kappa shape index (κ1) is 11.5. The summed E-state index contributed by atoms with van der Waals surface area (Å²) in [5, 5.41) is 9.43.